The Morgan fingerprint density at radius 1 is 1.46 bits per heavy atom. The second-order valence-electron chi connectivity index (χ2n) is 4.06. The number of hydrogen-bond donors (Lipinski definition) is 1. The lowest BCUT2D eigenvalue weighted by atomic mass is 9.96. The van der Waals surface area contributed by atoms with Gasteiger partial charge in [-0.15, -0.1) is 0 Å². The van der Waals surface area contributed by atoms with E-state index in [9.17, 15) is 4.79 Å². The second kappa shape index (κ2) is 5.25. The molecule has 1 saturated carbocycles. The second-order valence-corrected chi connectivity index (χ2v) is 4.06. The summed E-state index contributed by atoms with van der Waals surface area (Å²) in [6, 6.07) is 0. The summed E-state index contributed by atoms with van der Waals surface area (Å²) in [5, 5.41) is 2.92. The maximum Gasteiger partial charge on any atom is 0.223 e. The van der Waals surface area contributed by atoms with E-state index in [1.807, 2.05) is 6.92 Å². The van der Waals surface area contributed by atoms with Crippen molar-refractivity contribution in [2.45, 2.75) is 46.0 Å². The molecule has 1 unspecified atom stereocenters. The molecular weight excluding hydrogens is 162 g/mol. The third-order valence-corrected chi connectivity index (χ3v) is 2.67. The molecular formula is C11H21NO. The van der Waals surface area contributed by atoms with Gasteiger partial charge in [-0.2, -0.15) is 0 Å². The first-order chi connectivity index (χ1) is 6.27. The van der Waals surface area contributed by atoms with Crippen molar-refractivity contribution in [2.24, 2.45) is 11.8 Å². The molecule has 0 spiro atoms. The Morgan fingerprint density at radius 2 is 2.15 bits per heavy atom. The summed E-state index contributed by atoms with van der Waals surface area (Å²) in [6.07, 6.45) is 6.00. The van der Waals surface area contributed by atoms with Gasteiger partial charge in [-0.1, -0.05) is 26.2 Å². The molecule has 0 heterocycles. The fourth-order valence-corrected chi connectivity index (χ4v) is 1.78. The number of rotatable bonds is 6. The monoisotopic (exact) mass is 183 g/mol. The molecule has 2 nitrogen and oxygen atoms in total. The summed E-state index contributed by atoms with van der Waals surface area (Å²) in [6.45, 7) is 4.90. The van der Waals surface area contributed by atoms with Crippen LogP contribution in [0.5, 0.6) is 0 Å². The Morgan fingerprint density at radius 3 is 2.62 bits per heavy atom. The van der Waals surface area contributed by atoms with E-state index in [1.165, 1.54) is 12.8 Å². The first kappa shape index (κ1) is 10.6. The van der Waals surface area contributed by atoms with Crippen molar-refractivity contribution < 1.29 is 4.79 Å². The summed E-state index contributed by atoms with van der Waals surface area (Å²) in [5.41, 5.74) is 0. The molecule has 0 aromatic rings. The quantitative estimate of drug-likeness (QED) is 0.673. The molecule has 0 aromatic carbocycles. The van der Waals surface area contributed by atoms with Crippen molar-refractivity contribution in [2.75, 3.05) is 6.54 Å². The van der Waals surface area contributed by atoms with Gasteiger partial charge in [-0.25, -0.2) is 0 Å². The first-order valence-electron chi connectivity index (χ1n) is 5.55. The van der Waals surface area contributed by atoms with Crippen LogP contribution in [0.1, 0.15) is 46.0 Å². The van der Waals surface area contributed by atoms with E-state index in [0.717, 1.165) is 31.7 Å². The van der Waals surface area contributed by atoms with Crippen LogP contribution in [0, 0.1) is 11.8 Å². The molecule has 0 bridgehead atoms. The minimum atomic E-state index is 0.274. The van der Waals surface area contributed by atoms with Gasteiger partial charge in [0.1, 0.15) is 0 Å². The molecule has 1 aliphatic rings. The van der Waals surface area contributed by atoms with Crippen LogP contribution < -0.4 is 5.32 Å². The van der Waals surface area contributed by atoms with Crippen molar-refractivity contribution in [3.8, 4) is 0 Å². The normalized spacial score (nSPS) is 18.3. The molecule has 1 aliphatic carbocycles. The lowest BCUT2D eigenvalue weighted by Gasteiger charge is -2.14. The highest BCUT2D eigenvalue weighted by molar-refractivity contribution is 5.78. The lowest BCUT2D eigenvalue weighted by Crippen LogP contribution is -2.30. The summed E-state index contributed by atoms with van der Waals surface area (Å²) in [5.74, 6) is 1.42. The van der Waals surface area contributed by atoms with E-state index in [1.54, 1.807) is 0 Å². The van der Waals surface area contributed by atoms with Crippen molar-refractivity contribution >= 4 is 5.91 Å². The van der Waals surface area contributed by atoms with Gasteiger partial charge in [0, 0.05) is 12.5 Å². The predicted octanol–water partition coefficient (Wildman–Crippen LogP) is 2.34. The number of nitrogens with one attached hydrogen (secondary N) is 1. The average molecular weight is 183 g/mol. The molecule has 1 amide bonds. The Balaban J connectivity index is 2.29. The van der Waals surface area contributed by atoms with Crippen LogP contribution in [0.2, 0.25) is 0 Å². The summed E-state index contributed by atoms with van der Waals surface area (Å²) < 4.78 is 0. The third-order valence-electron chi connectivity index (χ3n) is 2.67. The third kappa shape index (κ3) is 3.79. The Hall–Kier alpha value is -0.530. The zero-order chi connectivity index (χ0) is 9.68. The number of hydrogen-bond acceptors (Lipinski definition) is 1. The predicted molar refractivity (Wildman–Crippen MR) is 54.4 cm³/mol. The summed E-state index contributed by atoms with van der Waals surface area (Å²) >= 11 is 0. The van der Waals surface area contributed by atoms with Crippen molar-refractivity contribution in [1.82, 2.24) is 5.32 Å². The lowest BCUT2D eigenvalue weighted by molar-refractivity contribution is -0.125. The zero-order valence-corrected chi connectivity index (χ0v) is 8.81. The van der Waals surface area contributed by atoms with Crippen molar-refractivity contribution in [3.63, 3.8) is 0 Å². The van der Waals surface area contributed by atoms with Crippen LogP contribution >= 0.6 is 0 Å². The molecule has 2 heteroatoms. The van der Waals surface area contributed by atoms with Gasteiger partial charge in [-0.05, 0) is 25.7 Å². The van der Waals surface area contributed by atoms with Crippen LogP contribution in [-0.4, -0.2) is 12.5 Å². The van der Waals surface area contributed by atoms with Crippen LogP contribution in [0.3, 0.4) is 0 Å². The molecule has 1 atom stereocenters. The Kier molecular flexibility index (Phi) is 4.26. The highest BCUT2D eigenvalue weighted by Gasteiger charge is 2.28. The number of carbonyl (C=O) groups excluding carboxylic acids is 1. The SMILES string of the molecule is CCCC(CC1CC1)C(=O)NCC. The van der Waals surface area contributed by atoms with Crippen LogP contribution in [0.4, 0.5) is 0 Å². The first-order valence-corrected chi connectivity index (χ1v) is 5.55. The van der Waals surface area contributed by atoms with Gasteiger partial charge in [-0.3, -0.25) is 4.79 Å². The summed E-state index contributed by atoms with van der Waals surface area (Å²) in [4.78, 5) is 11.6. The van der Waals surface area contributed by atoms with E-state index in [4.69, 9.17) is 0 Å². The molecule has 1 rings (SSSR count). The van der Waals surface area contributed by atoms with Gasteiger partial charge < -0.3 is 5.32 Å². The number of carbonyl (C=O) groups is 1. The van der Waals surface area contributed by atoms with Gasteiger partial charge >= 0.3 is 0 Å². The fourth-order valence-electron chi connectivity index (χ4n) is 1.78. The highest BCUT2D eigenvalue weighted by Crippen LogP contribution is 2.36. The standard InChI is InChI=1S/C11H21NO/c1-3-5-10(8-9-6-7-9)11(13)12-4-2/h9-10H,3-8H2,1-2H3,(H,12,13). The Bertz CT molecular complexity index is 163. The van der Waals surface area contributed by atoms with E-state index in [2.05, 4.69) is 12.2 Å². The molecule has 0 aliphatic heterocycles. The molecule has 0 aromatic heterocycles. The van der Waals surface area contributed by atoms with Gasteiger partial charge in [0.05, 0.1) is 0 Å². The van der Waals surface area contributed by atoms with E-state index < -0.39 is 0 Å². The minimum Gasteiger partial charge on any atom is -0.356 e. The average Bonchev–Trinajstić information content (AvgIpc) is 2.88. The maximum atomic E-state index is 11.6. The van der Waals surface area contributed by atoms with Crippen LogP contribution in [0.25, 0.3) is 0 Å². The topological polar surface area (TPSA) is 29.1 Å². The van der Waals surface area contributed by atoms with Crippen molar-refractivity contribution in [1.29, 1.82) is 0 Å². The van der Waals surface area contributed by atoms with Gasteiger partial charge in [0.15, 0.2) is 0 Å². The maximum absolute atomic E-state index is 11.6. The highest BCUT2D eigenvalue weighted by atomic mass is 16.1. The largest absolute Gasteiger partial charge is 0.356 e. The van der Waals surface area contributed by atoms with Crippen molar-refractivity contribution in [3.05, 3.63) is 0 Å². The molecule has 0 saturated heterocycles. The smallest absolute Gasteiger partial charge is 0.223 e. The van der Waals surface area contributed by atoms with Gasteiger partial charge in [0.2, 0.25) is 5.91 Å². The zero-order valence-electron chi connectivity index (χ0n) is 8.81. The Labute approximate surface area is 81.1 Å². The number of amides is 1. The van der Waals surface area contributed by atoms with E-state index >= 15 is 0 Å². The fraction of sp³-hybridized carbons (Fsp3) is 0.909. The van der Waals surface area contributed by atoms with E-state index in [-0.39, 0.29) is 11.8 Å². The summed E-state index contributed by atoms with van der Waals surface area (Å²) in [7, 11) is 0. The van der Waals surface area contributed by atoms with Crippen LogP contribution in [0.15, 0.2) is 0 Å². The van der Waals surface area contributed by atoms with Crippen LogP contribution in [-0.2, 0) is 4.79 Å². The molecule has 0 radical (unpaired) electrons. The molecule has 1 N–H and O–H groups in total. The van der Waals surface area contributed by atoms with Gasteiger partial charge in [0.25, 0.3) is 0 Å². The minimum absolute atomic E-state index is 0.274. The van der Waals surface area contributed by atoms with E-state index in [0.29, 0.717) is 0 Å². The molecule has 76 valence electrons. The molecule has 1 fully saturated rings. The molecule has 13 heavy (non-hydrogen) atoms.